The molecule has 1 aromatic heterocycles. The summed E-state index contributed by atoms with van der Waals surface area (Å²) in [5.41, 5.74) is 6.27. The molecule has 0 bridgehead atoms. The summed E-state index contributed by atoms with van der Waals surface area (Å²) in [5.74, 6) is 0. The molecule has 62 valence electrons. The van der Waals surface area contributed by atoms with Gasteiger partial charge in [-0.05, 0) is 5.56 Å². The van der Waals surface area contributed by atoms with Crippen LogP contribution in [-0.4, -0.2) is 27.5 Å². The maximum atomic E-state index is 9.16. The quantitative estimate of drug-likeness (QED) is 0.605. The minimum absolute atomic E-state index is 0.300. The third kappa shape index (κ3) is 2.32. The first-order valence-electron chi connectivity index (χ1n) is 3.58. The van der Waals surface area contributed by atoms with Gasteiger partial charge in [0, 0.05) is 26.2 Å². The SMILES string of the molecule is Cn1cc(CC(O)CN)cn1. The number of aromatic nitrogens is 2. The van der Waals surface area contributed by atoms with E-state index in [2.05, 4.69) is 5.10 Å². The average Bonchev–Trinajstić information content (AvgIpc) is 2.35. The molecule has 1 aromatic rings. The van der Waals surface area contributed by atoms with Crippen LogP contribution in [0, 0.1) is 0 Å². The fourth-order valence-electron chi connectivity index (χ4n) is 0.933. The van der Waals surface area contributed by atoms with Crippen molar-refractivity contribution in [1.82, 2.24) is 9.78 Å². The summed E-state index contributed by atoms with van der Waals surface area (Å²) < 4.78 is 1.71. The van der Waals surface area contributed by atoms with Gasteiger partial charge in [0.05, 0.1) is 12.3 Å². The minimum atomic E-state index is -0.445. The van der Waals surface area contributed by atoms with Gasteiger partial charge in [-0.25, -0.2) is 0 Å². The molecule has 4 heteroatoms. The second kappa shape index (κ2) is 3.50. The first-order chi connectivity index (χ1) is 5.22. The van der Waals surface area contributed by atoms with Crippen molar-refractivity contribution in [3.8, 4) is 0 Å². The highest BCUT2D eigenvalue weighted by molar-refractivity contribution is 5.04. The molecule has 0 aliphatic carbocycles. The molecule has 1 atom stereocenters. The summed E-state index contributed by atoms with van der Waals surface area (Å²) >= 11 is 0. The standard InChI is InChI=1S/C7H13N3O/c1-10-5-6(4-9-10)2-7(11)3-8/h4-5,7,11H,2-3,8H2,1H3. The molecule has 0 fully saturated rings. The largest absolute Gasteiger partial charge is 0.391 e. The first kappa shape index (κ1) is 8.23. The van der Waals surface area contributed by atoms with Crippen molar-refractivity contribution >= 4 is 0 Å². The molecule has 4 nitrogen and oxygen atoms in total. The molecule has 11 heavy (non-hydrogen) atoms. The van der Waals surface area contributed by atoms with E-state index >= 15 is 0 Å². The number of aryl methyl sites for hydroxylation is 1. The van der Waals surface area contributed by atoms with Crippen molar-refractivity contribution < 1.29 is 5.11 Å². The van der Waals surface area contributed by atoms with Crippen molar-refractivity contribution in [2.75, 3.05) is 6.54 Å². The monoisotopic (exact) mass is 155 g/mol. The van der Waals surface area contributed by atoms with Gasteiger partial charge < -0.3 is 10.8 Å². The van der Waals surface area contributed by atoms with E-state index in [0.29, 0.717) is 13.0 Å². The Balaban J connectivity index is 2.50. The summed E-state index contributed by atoms with van der Waals surface area (Å²) in [6.07, 6.45) is 3.75. The molecular weight excluding hydrogens is 142 g/mol. The van der Waals surface area contributed by atoms with Crippen molar-refractivity contribution in [2.24, 2.45) is 12.8 Å². The average molecular weight is 155 g/mol. The Bertz CT molecular complexity index is 221. The zero-order chi connectivity index (χ0) is 8.27. The van der Waals surface area contributed by atoms with Crippen LogP contribution in [0.25, 0.3) is 0 Å². The molecule has 0 amide bonds. The van der Waals surface area contributed by atoms with Gasteiger partial charge >= 0.3 is 0 Å². The normalized spacial score (nSPS) is 13.4. The molecule has 0 spiro atoms. The number of hydrogen-bond acceptors (Lipinski definition) is 3. The molecule has 1 unspecified atom stereocenters. The van der Waals surface area contributed by atoms with E-state index in [-0.39, 0.29) is 0 Å². The Morgan fingerprint density at radius 3 is 3.00 bits per heavy atom. The smallest absolute Gasteiger partial charge is 0.0703 e. The van der Waals surface area contributed by atoms with E-state index in [1.54, 1.807) is 10.9 Å². The third-order valence-electron chi connectivity index (χ3n) is 1.50. The summed E-state index contributed by atoms with van der Waals surface area (Å²) in [7, 11) is 1.85. The molecule has 0 aromatic carbocycles. The van der Waals surface area contributed by atoms with Crippen LogP contribution < -0.4 is 5.73 Å². The molecule has 0 aliphatic rings. The zero-order valence-corrected chi connectivity index (χ0v) is 6.57. The summed E-state index contributed by atoms with van der Waals surface area (Å²) in [5, 5.41) is 13.1. The van der Waals surface area contributed by atoms with Crippen LogP contribution in [0.2, 0.25) is 0 Å². The number of nitrogens with two attached hydrogens (primary N) is 1. The highest BCUT2D eigenvalue weighted by Gasteiger charge is 2.03. The van der Waals surface area contributed by atoms with Crippen LogP contribution in [0.5, 0.6) is 0 Å². The minimum Gasteiger partial charge on any atom is -0.391 e. The predicted octanol–water partition coefficient (Wildman–Crippen LogP) is -0.718. The van der Waals surface area contributed by atoms with Gasteiger partial charge in [0.1, 0.15) is 0 Å². The molecule has 3 N–H and O–H groups in total. The van der Waals surface area contributed by atoms with Gasteiger partial charge in [-0.2, -0.15) is 5.10 Å². The van der Waals surface area contributed by atoms with Gasteiger partial charge in [-0.1, -0.05) is 0 Å². The maximum Gasteiger partial charge on any atom is 0.0703 e. The van der Waals surface area contributed by atoms with Gasteiger partial charge in [0.25, 0.3) is 0 Å². The van der Waals surface area contributed by atoms with Crippen molar-refractivity contribution in [3.63, 3.8) is 0 Å². The van der Waals surface area contributed by atoms with Gasteiger partial charge in [-0.15, -0.1) is 0 Å². The van der Waals surface area contributed by atoms with Crippen LogP contribution in [0.1, 0.15) is 5.56 Å². The lowest BCUT2D eigenvalue weighted by Crippen LogP contribution is -2.21. The predicted molar refractivity (Wildman–Crippen MR) is 42.0 cm³/mol. The van der Waals surface area contributed by atoms with Crippen molar-refractivity contribution in [3.05, 3.63) is 18.0 Å². The molecular formula is C7H13N3O. The Labute approximate surface area is 65.6 Å². The fourth-order valence-corrected chi connectivity index (χ4v) is 0.933. The van der Waals surface area contributed by atoms with Crippen LogP contribution in [0.15, 0.2) is 12.4 Å². The molecule has 0 saturated heterocycles. The van der Waals surface area contributed by atoms with Gasteiger partial charge in [0.15, 0.2) is 0 Å². The number of aliphatic hydroxyl groups is 1. The molecule has 0 radical (unpaired) electrons. The van der Waals surface area contributed by atoms with E-state index in [9.17, 15) is 0 Å². The number of hydrogen-bond donors (Lipinski definition) is 2. The van der Waals surface area contributed by atoms with E-state index in [4.69, 9.17) is 10.8 Å². The van der Waals surface area contributed by atoms with Crippen LogP contribution in [0.3, 0.4) is 0 Å². The summed E-state index contributed by atoms with van der Waals surface area (Å²) in [6.45, 7) is 0.300. The van der Waals surface area contributed by atoms with E-state index in [1.807, 2.05) is 13.2 Å². The lowest BCUT2D eigenvalue weighted by Gasteiger charge is -2.03. The number of rotatable bonds is 3. The van der Waals surface area contributed by atoms with E-state index in [1.165, 1.54) is 0 Å². The number of aliphatic hydroxyl groups excluding tert-OH is 1. The molecule has 1 heterocycles. The lowest BCUT2D eigenvalue weighted by molar-refractivity contribution is 0.183. The van der Waals surface area contributed by atoms with Crippen LogP contribution in [0.4, 0.5) is 0 Å². The zero-order valence-electron chi connectivity index (χ0n) is 6.57. The Kier molecular flexibility index (Phi) is 2.62. The van der Waals surface area contributed by atoms with Crippen LogP contribution >= 0.6 is 0 Å². The highest BCUT2D eigenvalue weighted by atomic mass is 16.3. The van der Waals surface area contributed by atoms with Gasteiger partial charge in [-0.3, -0.25) is 4.68 Å². The molecule has 0 aliphatic heterocycles. The summed E-state index contributed by atoms with van der Waals surface area (Å²) in [4.78, 5) is 0. The fraction of sp³-hybridized carbons (Fsp3) is 0.571. The van der Waals surface area contributed by atoms with Crippen molar-refractivity contribution in [1.29, 1.82) is 0 Å². The third-order valence-corrected chi connectivity index (χ3v) is 1.50. The van der Waals surface area contributed by atoms with Crippen LogP contribution in [-0.2, 0) is 13.5 Å². The Hall–Kier alpha value is -0.870. The van der Waals surface area contributed by atoms with Gasteiger partial charge in [0.2, 0.25) is 0 Å². The number of nitrogens with zero attached hydrogens (tertiary/aromatic N) is 2. The summed E-state index contributed by atoms with van der Waals surface area (Å²) in [6, 6.07) is 0. The van der Waals surface area contributed by atoms with E-state index < -0.39 is 6.10 Å². The van der Waals surface area contributed by atoms with Crippen molar-refractivity contribution in [2.45, 2.75) is 12.5 Å². The lowest BCUT2D eigenvalue weighted by atomic mass is 10.2. The Morgan fingerprint density at radius 1 is 1.82 bits per heavy atom. The second-order valence-corrected chi connectivity index (χ2v) is 2.62. The molecule has 0 saturated carbocycles. The Morgan fingerprint density at radius 2 is 2.55 bits per heavy atom. The maximum absolute atomic E-state index is 9.16. The highest BCUT2D eigenvalue weighted by Crippen LogP contribution is 1.99. The molecule has 1 rings (SSSR count). The van der Waals surface area contributed by atoms with E-state index in [0.717, 1.165) is 5.56 Å². The second-order valence-electron chi connectivity index (χ2n) is 2.62. The topological polar surface area (TPSA) is 64.1 Å². The first-order valence-corrected chi connectivity index (χ1v) is 3.58.